The number of methoxy groups -OCH3 is 2. The number of nitrogens with one attached hydrogen (secondary N) is 2. The molecule has 2 aliphatic rings. The molecule has 300 valence electrons. The van der Waals surface area contributed by atoms with Gasteiger partial charge in [-0.15, -0.1) is 0 Å². The van der Waals surface area contributed by atoms with E-state index in [2.05, 4.69) is 20.4 Å². The molecule has 4 aromatic rings. The molecule has 2 aliphatic heterocycles. The number of carbonyl (C=O) groups excluding carboxylic acids is 2. The molecule has 0 saturated heterocycles. The Balaban J connectivity index is 0.000000248. The minimum absolute atomic E-state index is 0. The summed E-state index contributed by atoms with van der Waals surface area (Å²) in [4.78, 5) is 26.2. The van der Waals surface area contributed by atoms with Gasteiger partial charge >= 0.3 is 23.1 Å². The average molecular weight is 799 g/mol. The molecule has 4 aromatic carbocycles. The predicted octanol–water partition coefficient (Wildman–Crippen LogP) is 3.29. The molecule has 0 spiro atoms. The summed E-state index contributed by atoms with van der Waals surface area (Å²) >= 11 is 0. The molecule has 2 heterocycles. The topological polar surface area (TPSA) is 148 Å². The Morgan fingerprint density at radius 1 is 0.667 bits per heavy atom. The molecule has 15 heteroatoms. The summed E-state index contributed by atoms with van der Waals surface area (Å²) in [7, 11) is 2.72. The summed E-state index contributed by atoms with van der Waals surface area (Å²) < 4.78 is 47.5. The zero-order valence-electron chi connectivity index (χ0n) is 32.3. The molecule has 0 unspecified atom stereocenters. The number of nitrogens with zero attached hydrogens (tertiary/aromatic N) is 2. The molecule has 2 N–H and O–H groups in total. The van der Waals surface area contributed by atoms with E-state index in [4.69, 9.17) is 18.9 Å². The van der Waals surface area contributed by atoms with Crippen LogP contribution in [0.15, 0.2) is 84.9 Å². The van der Waals surface area contributed by atoms with Crippen molar-refractivity contribution in [3.05, 3.63) is 108 Å². The Morgan fingerprint density at radius 2 is 1.05 bits per heavy atom. The molecule has 0 fully saturated rings. The first-order valence-corrected chi connectivity index (χ1v) is 18.6. The Morgan fingerprint density at radius 3 is 1.40 bits per heavy atom. The summed E-state index contributed by atoms with van der Waals surface area (Å²) in [6.45, 7) is 5.93. The molecular formula is C42H48F2MgN4O8. The maximum absolute atomic E-state index is 13.3. The van der Waals surface area contributed by atoms with Crippen molar-refractivity contribution in [3.8, 4) is 11.5 Å². The van der Waals surface area contributed by atoms with Crippen LogP contribution in [-0.2, 0) is 31.9 Å². The van der Waals surface area contributed by atoms with Gasteiger partial charge in [-0.3, -0.25) is 0 Å². The smallest absolute Gasteiger partial charge is 0.547 e. The number of anilines is 4. The fourth-order valence-corrected chi connectivity index (χ4v) is 6.44. The second kappa shape index (κ2) is 22.8. The Labute approximate surface area is 348 Å². The van der Waals surface area contributed by atoms with E-state index in [0.717, 1.165) is 86.0 Å². The van der Waals surface area contributed by atoms with Gasteiger partial charge in [0.05, 0.1) is 36.4 Å². The van der Waals surface area contributed by atoms with E-state index in [1.807, 2.05) is 48.5 Å². The molecule has 0 amide bonds. The fourth-order valence-electron chi connectivity index (χ4n) is 6.44. The van der Waals surface area contributed by atoms with Gasteiger partial charge in [-0.25, -0.2) is 8.78 Å². The summed E-state index contributed by atoms with van der Waals surface area (Å²) in [6, 6.07) is 24.5. The minimum Gasteiger partial charge on any atom is -0.547 e. The summed E-state index contributed by atoms with van der Waals surface area (Å²) in [5.41, 5.74) is 5.54. The maximum atomic E-state index is 13.3. The number of rotatable bonds is 18. The van der Waals surface area contributed by atoms with Crippen molar-refractivity contribution in [1.82, 2.24) is 0 Å². The van der Waals surface area contributed by atoms with E-state index in [-0.39, 0.29) is 47.5 Å². The molecule has 0 radical (unpaired) electrons. The fraction of sp³-hybridized carbons (Fsp3) is 0.381. The summed E-state index contributed by atoms with van der Waals surface area (Å²) in [5.74, 6) is -1.81. The van der Waals surface area contributed by atoms with Gasteiger partial charge in [0, 0.05) is 76.7 Å². The van der Waals surface area contributed by atoms with Crippen molar-refractivity contribution in [1.29, 1.82) is 0 Å². The Hall–Kier alpha value is -4.83. The summed E-state index contributed by atoms with van der Waals surface area (Å²) in [5, 5.41) is 28.6. The Bertz CT molecular complexity index is 1740. The first kappa shape index (κ1) is 44.9. The first-order chi connectivity index (χ1) is 27.1. The van der Waals surface area contributed by atoms with E-state index >= 15 is 0 Å². The number of carboxylic acids is 2. The van der Waals surface area contributed by atoms with E-state index in [1.54, 1.807) is 12.1 Å². The number of hydrogen-bond donors (Lipinski definition) is 2. The molecule has 0 aromatic heterocycles. The first-order valence-electron chi connectivity index (χ1n) is 18.6. The van der Waals surface area contributed by atoms with Gasteiger partial charge in [0.15, 0.2) is 0 Å². The molecule has 2 atom stereocenters. The third kappa shape index (κ3) is 13.7. The SMILES string of the molecule is CO[C@@H](Cc1ccc(NCCCN2CCOc3cc(F)ccc32)cc1)C(=O)[O-].CO[C@@H](Cc1ccc(NCCCN2CCOc3cc(F)ccc32)cc1)C(=O)[O-].[Mg+2]. The van der Waals surface area contributed by atoms with Crippen molar-refractivity contribution >= 4 is 57.7 Å². The molecule has 0 saturated carbocycles. The molecule has 0 bridgehead atoms. The zero-order chi connectivity index (χ0) is 39.9. The largest absolute Gasteiger partial charge is 2.00 e. The quantitative estimate of drug-likeness (QED) is 0.113. The maximum Gasteiger partial charge on any atom is 2.00 e. The molecule has 12 nitrogen and oxygen atoms in total. The van der Waals surface area contributed by atoms with Gasteiger partial charge in [0.2, 0.25) is 0 Å². The van der Waals surface area contributed by atoms with Crippen LogP contribution in [0, 0.1) is 11.6 Å². The van der Waals surface area contributed by atoms with Crippen molar-refractivity contribution in [2.45, 2.75) is 37.9 Å². The number of carbonyl (C=O) groups is 2. The van der Waals surface area contributed by atoms with Gasteiger partial charge < -0.3 is 59.2 Å². The second-order valence-electron chi connectivity index (χ2n) is 13.3. The zero-order valence-corrected chi connectivity index (χ0v) is 33.8. The predicted molar refractivity (Wildman–Crippen MR) is 212 cm³/mol. The van der Waals surface area contributed by atoms with Gasteiger partial charge in [-0.2, -0.15) is 0 Å². The number of aliphatic carboxylic acids is 2. The van der Waals surface area contributed by atoms with Crippen LogP contribution < -0.4 is 40.1 Å². The van der Waals surface area contributed by atoms with Crippen molar-refractivity contribution in [2.24, 2.45) is 0 Å². The number of benzene rings is 4. The van der Waals surface area contributed by atoms with Crippen molar-refractivity contribution in [3.63, 3.8) is 0 Å². The van der Waals surface area contributed by atoms with Gasteiger partial charge in [0.1, 0.15) is 48.6 Å². The standard InChI is InChI=1S/2C21H25FN2O4.Mg/c2*1-27-20(21(25)26)13-15-3-6-17(7-4-15)23-9-2-10-24-11-12-28-19-14-16(22)5-8-18(19)24;/h2*3-8,14,20,23H,2,9-13H2,1H3,(H,25,26);/q;;+2/p-2/t2*20-;/m00./s1. The minimum atomic E-state index is -1.21. The monoisotopic (exact) mass is 798 g/mol. The number of halogens is 2. The van der Waals surface area contributed by atoms with Gasteiger partial charge in [-0.1, -0.05) is 24.3 Å². The second-order valence-corrected chi connectivity index (χ2v) is 13.3. The van der Waals surface area contributed by atoms with Crippen molar-refractivity contribution in [2.75, 3.05) is 87.1 Å². The third-order valence-electron chi connectivity index (χ3n) is 9.48. The molecule has 6 rings (SSSR count). The van der Waals surface area contributed by atoms with Gasteiger partial charge in [-0.05, 0) is 72.5 Å². The number of hydrogen-bond acceptors (Lipinski definition) is 12. The number of ether oxygens (including phenoxy) is 4. The molecule has 0 aliphatic carbocycles. The van der Waals surface area contributed by atoms with Crippen LogP contribution in [0.4, 0.5) is 31.5 Å². The third-order valence-corrected chi connectivity index (χ3v) is 9.48. The van der Waals surface area contributed by atoms with Gasteiger partial charge in [0.25, 0.3) is 0 Å². The molecular weight excluding hydrogens is 751 g/mol. The van der Waals surface area contributed by atoms with E-state index < -0.39 is 24.1 Å². The Kier molecular flexibility index (Phi) is 17.9. The van der Waals surface area contributed by atoms with Crippen LogP contribution in [0.2, 0.25) is 0 Å². The van der Waals surface area contributed by atoms with Crippen LogP contribution in [0.25, 0.3) is 0 Å². The van der Waals surface area contributed by atoms with Crippen LogP contribution in [0.1, 0.15) is 24.0 Å². The van der Waals surface area contributed by atoms with Crippen LogP contribution in [0.3, 0.4) is 0 Å². The van der Waals surface area contributed by atoms with Crippen LogP contribution in [-0.4, -0.2) is 114 Å². The normalized spacial score (nSPS) is 13.9. The average Bonchev–Trinajstić information content (AvgIpc) is 3.20. The van der Waals surface area contributed by atoms with Crippen LogP contribution >= 0.6 is 0 Å². The van der Waals surface area contributed by atoms with Crippen LogP contribution in [0.5, 0.6) is 11.5 Å². The van der Waals surface area contributed by atoms with Crippen molar-refractivity contribution < 1.29 is 47.5 Å². The number of carboxylic acid groups (broad SMARTS) is 2. The van der Waals surface area contributed by atoms with E-state index in [9.17, 15) is 28.6 Å². The summed E-state index contributed by atoms with van der Waals surface area (Å²) in [6.07, 6.45) is 0.489. The molecule has 57 heavy (non-hydrogen) atoms. The van der Waals surface area contributed by atoms with E-state index in [1.165, 1.54) is 38.5 Å². The number of fused-ring (bicyclic) bond motifs is 2. The van der Waals surface area contributed by atoms with E-state index in [0.29, 0.717) is 24.7 Å².